The van der Waals surface area contributed by atoms with Gasteiger partial charge in [0.25, 0.3) is 5.91 Å². The highest BCUT2D eigenvalue weighted by Gasteiger charge is 2.39. The van der Waals surface area contributed by atoms with Gasteiger partial charge in [-0.05, 0) is 38.8 Å². The van der Waals surface area contributed by atoms with Crippen molar-refractivity contribution in [1.29, 1.82) is 5.26 Å². The topological polar surface area (TPSA) is 98.3 Å². The maximum atomic E-state index is 13.5. The molecule has 2 aromatic heterocycles. The molecular formula is C23H24N6O2. The fraction of sp³-hybridized carbons (Fsp3) is 0.391. The molecule has 0 unspecified atom stereocenters. The SMILES string of the molecule is Cc1oc2ncnc(NC3(C)CC3)c2c1C(=O)N1CCN(c2ccccc2C#N)CC1. The molecule has 8 nitrogen and oxygen atoms in total. The van der Waals surface area contributed by atoms with E-state index in [1.807, 2.05) is 29.2 Å². The highest BCUT2D eigenvalue weighted by molar-refractivity contribution is 6.10. The Morgan fingerprint density at radius 3 is 2.65 bits per heavy atom. The molecule has 31 heavy (non-hydrogen) atoms. The van der Waals surface area contributed by atoms with Crippen LogP contribution in [0.3, 0.4) is 0 Å². The molecule has 8 heteroatoms. The number of fused-ring (bicyclic) bond motifs is 1. The zero-order valence-corrected chi connectivity index (χ0v) is 17.7. The van der Waals surface area contributed by atoms with Crippen LogP contribution in [-0.4, -0.2) is 52.5 Å². The minimum atomic E-state index is -0.0664. The fourth-order valence-electron chi connectivity index (χ4n) is 4.15. The van der Waals surface area contributed by atoms with Crippen molar-refractivity contribution < 1.29 is 9.21 Å². The number of piperazine rings is 1. The molecule has 3 heterocycles. The Balaban J connectivity index is 1.40. The summed E-state index contributed by atoms with van der Waals surface area (Å²) in [6, 6.07) is 9.83. The summed E-state index contributed by atoms with van der Waals surface area (Å²) in [5.41, 5.74) is 2.56. The first-order valence-electron chi connectivity index (χ1n) is 10.5. The molecule has 1 N–H and O–H groups in total. The van der Waals surface area contributed by atoms with E-state index in [-0.39, 0.29) is 11.4 Å². The van der Waals surface area contributed by atoms with E-state index in [2.05, 4.69) is 33.2 Å². The van der Waals surface area contributed by atoms with Gasteiger partial charge in [-0.3, -0.25) is 4.79 Å². The Bertz CT molecular complexity index is 1200. The van der Waals surface area contributed by atoms with E-state index in [1.165, 1.54) is 6.33 Å². The number of para-hydroxylation sites is 1. The Labute approximate surface area is 180 Å². The molecule has 2 fully saturated rings. The van der Waals surface area contributed by atoms with Gasteiger partial charge in [-0.15, -0.1) is 0 Å². The standard InChI is InChI=1S/C23H24N6O2/c1-15-18(19-20(27-23(2)7-8-23)25-14-26-21(19)31-15)22(30)29-11-9-28(10-12-29)17-6-4-3-5-16(17)13-24/h3-6,14H,7-12H2,1-2H3,(H,25,26,27). The number of carbonyl (C=O) groups is 1. The molecule has 1 aliphatic heterocycles. The van der Waals surface area contributed by atoms with Gasteiger partial charge < -0.3 is 19.5 Å². The van der Waals surface area contributed by atoms with Gasteiger partial charge in [-0.2, -0.15) is 5.26 Å². The molecule has 0 atom stereocenters. The summed E-state index contributed by atoms with van der Waals surface area (Å²) in [5.74, 6) is 1.15. The summed E-state index contributed by atoms with van der Waals surface area (Å²) in [5, 5.41) is 13.5. The van der Waals surface area contributed by atoms with Gasteiger partial charge in [0, 0.05) is 31.7 Å². The minimum absolute atomic E-state index is 0.0204. The molecule has 5 rings (SSSR count). The average Bonchev–Trinajstić information content (AvgIpc) is 3.41. The molecule has 1 saturated carbocycles. The number of furan rings is 1. The Morgan fingerprint density at radius 2 is 1.94 bits per heavy atom. The number of benzene rings is 1. The van der Waals surface area contributed by atoms with Gasteiger partial charge in [-0.1, -0.05) is 12.1 Å². The number of aromatic nitrogens is 2. The lowest BCUT2D eigenvalue weighted by molar-refractivity contribution is 0.0746. The molecule has 1 aromatic carbocycles. The summed E-state index contributed by atoms with van der Waals surface area (Å²) in [6.45, 7) is 6.42. The highest BCUT2D eigenvalue weighted by atomic mass is 16.3. The molecule has 1 aliphatic carbocycles. The van der Waals surface area contributed by atoms with Crippen LogP contribution < -0.4 is 10.2 Å². The number of anilines is 2. The normalized spacial score (nSPS) is 17.5. The summed E-state index contributed by atoms with van der Waals surface area (Å²) in [4.78, 5) is 26.2. The second-order valence-electron chi connectivity index (χ2n) is 8.53. The first-order chi connectivity index (χ1) is 15.0. The number of amides is 1. The van der Waals surface area contributed by atoms with Crippen LogP contribution in [0.15, 0.2) is 35.0 Å². The quantitative estimate of drug-likeness (QED) is 0.696. The number of aryl methyl sites for hydroxylation is 1. The van der Waals surface area contributed by atoms with Gasteiger partial charge in [0.1, 0.15) is 24.0 Å². The lowest BCUT2D eigenvalue weighted by atomic mass is 10.1. The number of nitriles is 1. The van der Waals surface area contributed by atoms with Gasteiger partial charge in [0.15, 0.2) is 0 Å². The molecule has 0 radical (unpaired) electrons. The van der Waals surface area contributed by atoms with E-state index in [0.29, 0.717) is 60.0 Å². The molecule has 158 valence electrons. The van der Waals surface area contributed by atoms with E-state index in [0.717, 1.165) is 18.5 Å². The first kappa shape index (κ1) is 19.4. The van der Waals surface area contributed by atoms with E-state index < -0.39 is 0 Å². The third-order valence-corrected chi connectivity index (χ3v) is 6.23. The maximum Gasteiger partial charge on any atom is 0.258 e. The largest absolute Gasteiger partial charge is 0.442 e. The van der Waals surface area contributed by atoms with Crippen molar-refractivity contribution in [2.24, 2.45) is 0 Å². The van der Waals surface area contributed by atoms with Gasteiger partial charge in [0.05, 0.1) is 22.2 Å². The second-order valence-corrected chi connectivity index (χ2v) is 8.53. The minimum Gasteiger partial charge on any atom is -0.442 e. The van der Waals surface area contributed by atoms with Gasteiger partial charge in [-0.25, -0.2) is 9.97 Å². The predicted octanol–water partition coefficient (Wildman–Crippen LogP) is 3.33. The zero-order valence-electron chi connectivity index (χ0n) is 17.7. The van der Waals surface area contributed by atoms with Crippen LogP contribution in [0.4, 0.5) is 11.5 Å². The molecule has 0 bridgehead atoms. The number of rotatable bonds is 4. The third-order valence-electron chi connectivity index (χ3n) is 6.23. The van der Waals surface area contributed by atoms with Crippen molar-refractivity contribution in [3.63, 3.8) is 0 Å². The third kappa shape index (κ3) is 3.46. The van der Waals surface area contributed by atoms with Gasteiger partial charge in [0.2, 0.25) is 5.71 Å². The van der Waals surface area contributed by atoms with Crippen molar-refractivity contribution >= 4 is 28.5 Å². The van der Waals surface area contributed by atoms with Crippen LogP contribution in [0, 0.1) is 18.3 Å². The summed E-state index contributed by atoms with van der Waals surface area (Å²) in [6.07, 6.45) is 3.62. The summed E-state index contributed by atoms with van der Waals surface area (Å²) >= 11 is 0. The zero-order chi connectivity index (χ0) is 21.6. The van der Waals surface area contributed by atoms with Crippen LogP contribution >= 0.6 is 0 Å². The van der Waals surface area contributed by atoms with Crippen LogP contribution in [-0.2, 0) is 0 Å². The molecular weight excluding hydrogens is 392 g/mol. The molecule has 0 spiro atoms. The molecule has 1 amide bonds. The predicted molar refractivity (Wildman–Crippen MR) is 117 cm³/mol. The average molecular weight is 416 g/mol. The number of hydrogen-bond donors (Lipinski definition) is 1. The number of nitrogens with one attached hydrogen (secondary N) is 1. The van der Waals surface area contributed by atoms with Crippen LogP contribution in [0.1, 0.15) is 41.4 Å². The Kier molecular flexibility index (Phi) is 4.54. The van der Waals surface area contributed by atoms with E-state index in [4.69, 9.17) is 4.42 Å². The summed E-state index contributed by atoms with van der Waals surface area (Å²) < 4.78 is 5.82. The number of carbonyl (C=O) groups excluding carboxylic acids is 1. The van der Waals surface area contributed by atoms with E-state index in [1.54, 1.807) is 6.92 Å². The lowest BCUT2D eigenvalue weighted by Gasteiger charge is -2.36. The van der Waals surface area contributed by atoms with Crippen molar-refractivity contribution in [2.75, 3.05) is 36.4 Å². The second kappa shape index (κ2) is 7.27. The lowest BCUT2D eigenvalue weighted by Crippen LogP contribution is -2.49. The Morgan fingerprint density at radius 1 is 1.19 bits per heavy atom. The van der Waals surface area contributed by atoms with Crippen molar-refractivity contribution in [1.82, 2.24) is 14.9 Å². The fourth-order valence-corrected chi connectivity index (χ4v) is 4.15. The van der Waals surface area contributed by atoms with Crippen LogP contribution in [0.5, 0.6) is 0 Å². The summed E-state index contributed by atoms with van der Waals surface area (Å²) in [7, 11) is 0. The van der Waals surface area contributed by atoms with Crippen LogP contribution in [0.2, 0.25) is 0 Å². The highest BCUT2D eigenvalue weighted by Crippen LogP contribution is 2.40. The van der Waals surface area contributed by atoms with Crippen LogP contribution in [0.25, 0.3) is 11.1 Å². The smallest absolute Gasteiger partial charge is 0.258 e. The molecule has 2 aliphatic rings. The Hall–Kier alpha value is -3.60. The molecule has 1 saturated heterocycles. The molecule has 3 aromatic rings. The first-order valence-corrected chi connectivity index (χ1v) is 10.5. The number of hydrogen-bond acceptors (Lipinski definition) is 7. The van der Waals surface area contributed by atoms with Crippen molar-refractivity contribution in [2.45, 2.75) is 32.2 Å². The number of nitrogens with zero attached hydrogens (tertiary/aromatic N) is 5. The van der Waals surface area contributed by atoms with E-state index in [9.17, 15) is 10.1 Å². The van der Waals surface area contributed by atoms with Gasteiger partial charge >= 0.3 is 0 Å². The van der Waals surface area contributed by atoms with Crippen molar-refractivity contribution in [3.05, 3.63) is 47.5 Å². The van der Waals surface area contributed by atoms with E-state index >= 15 is 0 Å². The van der Waals surface area contributed by atoms with Crippen molar-refractivity contribution in [3.8, 4) is 6.07 Å². The maximum absolute atomic E-state index is 13.5. The monoisotopic (exact) mass is 416 g/mol.